The van der Waals surface area contributed by atoms with Gasteiger partial charge in [0.05, 0.1) is 11.3 Å². The minimum absolute atomic E-state index is 0.0862. The molecule has 1 heterocycles. The van der Waals surface area contributed by atoms with Crippen LogP contribution in [0, 0.1) is 19.8 Å². The molecule has 0 aromatic carbocycles. The Morgan fingerprint density at radius 3 is 2.67 bits per heavy atom. The van der Waals surface area contributed by atoms with E-state index in [9.17, 15) is 0 Å². The second kappa shape index (κ2) is 4.80. The zero-order valence-corrected chi connectivity index (χ0v) is 11.0. The molecule has 0 bridgehead atoms. The van der Waals surface area contributed by atoms with Gasteiger partial charge in [-0.2, -0.15) is 5.10 Å². The minimum atomic E-state index is 0.0862. The maximum absolute atomic E-state index is 8.90. The van der Waals surface area contributed by atoms with E-state index in [1.54, 1.807) is 0 Å². The lowest BCUT2D eigenvalue weighted by Gasteiger charge is -2.21. The summed E-state index contributed by atoms with van der Waals surface area (Å²) in [4.78, 5) is 2.03. The van der Waals surface area contributed by atoms with E-state index in [0.29, 0.717) is 11.4 Å². The summed E-state index contributed by atoms with van der Waals surface area (Å²) in [6.45, 7) is 4.70. The van der Waals surface area contributed by atoms with Gasteiger partial charge in [-0.15, -0.1) is 5.10 Å². The van der Waals surface area contributed by atoms with E-state index in [1.165, 1.54) is 12.8 Å². The summed E-state index contributed by atoms with van der Waals surface area (Å²) in [6.07, 6.45) is 2.53. The number of hydrogen-bond acceptors (Lipinski definition) is 5. The van der Waals surface area contributed by atoms with Crippen molar-refractivity contribution in [3.05, 3.63) is 16.8 Å². The number of anilines is 1. The van der Waals surface area contributed by atoms with Crippen LogP contribution >= 0.6 is 0 Å². The quantitative estimate of drug-likeness (QED) is 0.360. The van der Waals surface area contributed by atoms with Crippen molar-refractivity contribution >= 4 is 11.7 Å². The van der Waals surface area contributed by atoms with Gasteiger partial charge < -0.3 is 15.8 Å². The van der Waals surface area contributed by atoms with Crippen LogP contribution < -0.4 is 10.6 Å². The van der Waals surface area contributed by atoms with Crippen molar-refractivity contribution in [3.63, 3.8) is 0 Å². The Bertz CT molecular complexity index is 482. The van der Waals surface area contributed by atoms with Crippen molar-refractivity contribution in [1.29, 1.82) is 0 Å². The van der Waals surface area contributed by atoms with E-state index >= 15 is 0 Å². The molecular formula is C12H19N5O. The Balaban J connectivity index is 2.41. The van der Waals surface area contributed by atoms with Gasteiger partial charge in [-0.25, -0.2) is 0 Å². The molecule has 0 radical (unpaired) electrons. The first-order valence-corrected chi connectivity index (χ1v) is 6.07. The van der Waals surface area contributed by atoms with Crippen molar-refractivity contribution in [2.45, 2.75) is 26.7 Å². The molecule has 1 aromatic heterocycles. The zero-order chi connectivity index (χ0) is 13.3. The predicted octanol–water partition coefficient (Wildman–Crippen LogP) is 1.03. The average molecular weight is 249 g/mol. The lowest BCUT2D eigenvalue weighted by molar-refractivity contribution is 0.318. The summed E-state index contributed by atoms with van der Waals surface area (Å²) in [5.41, 5.74) is 8.12. The number of aromatic nitrogens is 2. The Labute approximate surface area is 106 Å². The lowest BCUT2D eigenvalue weighted by atomic mass is 10.1. The molecular weight excluding hydrogens is 230 g/mol. The molecule has 1 saturated carbocycles. The molecule has 1 aliphatic carbocycles. The first-order valence-electron chi connectivity index (χ1n) is 6.07. The molecule has 0 spiro atoms. The fourth-order valence-electron chi connectivity index (χ4n) is 1.99. The maximum Gasteiger partial charge on any atom is 0.174 e. The summed E-state index contributed by atoms with van der Waals surface area (Å²) in [7, 11) is 1.96. The van der Waals surface area contributed by atoms with Gasteiger partial charge in [-0.05, 0) is 38.2 Å². The third-order valence-electron chi connectivity index (χ3n) is 3.39. The van der Waals surface area contributed by atoms with Gasteiger partial charge in [0.1, 0.15) is 0 Å². The molecule has 98 valence electrons. The number of rotatable bonds is 4. The summed E-state index contributed by atoms with van der Waals surface area (Å²) in [5.74, 6) is 1.50. The average Bonchev–Trinajstić information content (AvgIpc) is 3.15. The van der Waals surface area contributed by atoms with E-state index in [1.807, 2.05) is 25.8 Å². The lowest BCUT2D eigenvalue weighted by Crippen LogP contribution is -2.27. The third-order valence-corrected chi connectivity index (χ3v) is 3.39. The van der Waals surface area contributed by atoms with Gasteiger partial charge in [0.2, 0.25) is 0 Å². The molecule has 0 saturated heterocycles. The molecule has 0 unspecified atom stereocenters. The Kier molecular flexibility index (Phi) is 3.36. The molecule has 6 heteroatoms. The molecule has 0 aliphatic heterocycles. The highest BCUT2D eigenvalue weighted by Crippen LogP contribution is 2.31. The van der Waals surface area contributed by atoms with Gasteiger partial charge >= 0.3 is 0 Å². The van der Waals surface area contributed by atoms with Crippen LogP contribution in [0.15, 0.2) is 5.16 Å². The molecule has 2 rings (SSSR count). The first-order chi connectivity index (χ1) is 8.54. The monoisotopic (exact) mass is 249 g/mol. The van der Waals surface area contributed by atoms with E-state index < -0.39 is 0 Å². The molecule has 1 aromatic rings. The smallest absolute Gasteiger partial charge is 0.174 e. The molecule has 1 aliphatic rings. The van der Waals surface area contributed by atoms with Crippen LogP contribution in [0.3, 0.4) is 0 Å². The number of nitrogens with two attached hydrogens (primary N) is 1. The number of hydrogen-bond donors (Lipinski definition) is 2. The fraction of sp³-hybridized carbons (Fsp3) is 0.583. The topological polar surface area (TPSA) is 87.6 Å². The van der Waals surface area contributed by atoms with Crippen molar-refractivity contribution < 1.29 is 5.21 Å². The van der Waals surface area contributed by atoms with E-state index in [4.69, 9.17) is 10.9 Å². The summed E-state index contributed by atoms with van der Waals surface area (Å²) < 4.78 is 0. The highest BCUT2D eigenvalue weighted by molar-refractivity contribution is 6.02. The van der Waals surface area contributed by atoms with Crippen LogP contribution in [0.1, 0.15) is 29.7 Å². The van der Waals surface area contributed by atoms with Crippen molar-refractivity contribution in [2.75, 3.05) is 18.5 Å². The molecule has 6 nitrogen and oxygen atoms in total. The SMILES string of the molecule is Cc1nnc(N(C)CC2CC2)c(/C(N)=N/O)c1C. The van der Waals surface area contributed by atoms with Crippen LogP contribution in [0.2, 0.25) is 0 Å². The zero-order valence-electron chi connectivity index (χ0n) is 11.0. The second-order valence-corrected chi connectivity index (χ2v) is 4.92. The minimum Gasteiger partial charge on any atom is -0.409 e. The summed E-state index contributed by atoms with van der Waals surface area (Å²) in [6, 6.07) is 0. The fourth-order valence-corrected chi connectivity index (χ4v) is 1.99. The summed E-state index contributed by atoms with van der Waals surface area (Å²) in [5, 5.41) is 20.3. The predicted molar refractivity (Wildman–Crippen MR) is 70.0 cm³/mol. The number of aryl methyl sites for hydroxylation is 1. The molecule has 3 N–H and O–H groups in total. The molecule has 0 atom stereocenters. The van der Waals surface area contributed by atoms with Crippen molar-refractivity contribution in [1.82, 2.24) is 10.2 Å². The standard InChI is InChI=1S/C12H19N5O/c1-7-8(2)14-15-12(10(7)11(13)16-18)17(3)6-9-4-5-9/h9,18H,4-6H2,1-3H3,(H2,13,16). The van der Waals surface area contributed by atoms with Gasteiger partial charge in [-0.3, -0.25) is 0 Å². The van der Waals surface area contributed by atoms with Crippen LogP contribution in [-0.4, -0.2) is 34.8 Å². The Morgan fingerprint density at radius 1 is 1.44 bits per heavy atom. The highest BCUT2D eigenvalue weighted by atomic mass is 16.4. The molecule has 1 fully saturated rings. The maximum atomic E-state index is 8.90. The van der Waals surface area contributed by atoms with Crippen molar-refractivity contribution in [3.8, 4) is 0 Å². The summed E-state index contributed by atoms with van der Waals surface area (Å²) >= 11 is 0. The van der Waals surface area contributed by atoms with E-state index in [0.717, 1.165) is 23.7 Å². The number of oxime groups is 1. The Morgan fingerprint density at radius 2 is 2.11 bits per heavy atom. The van der Waals surface area contributed by atoms with E-state index in [2.05, 4.69) is 15.4 Å². The number of amidine groups is 1. The molecule has 0 amide bonds. The third kappa shape index (κ3) is 2.37. The normalized spacial score (nSPS) is 15.8. The first kappa shape index (κ1) is 12.6. The van der Waals surface area contributed by atoms with E-state index in [-0.39, 0.29) is 5.84 Å². The van der Waals surface area contributed by atoms with Gasteiger partial charge in [0.25, 0.3) is 0 Å². The van der Waals surface area contributed by atoms with Crippen LogP contribution in [0.5, 0.6) is 0 Å². The van der Waals surface area contributed by atoms with Crippen LogP contribution in [-0.2, 0) is 0 Å². The van der Waals surface area contributed by atoms with Gasteiger partial charge in [-0.1, -0.05) is 5.16 Å². The van der Waals surface area contributed by atoms with Crippen molar-refractivity contribution in [2.24, 2.45) is 16.8 Å². The second-order valence-electron chi connectivity index (χ2n) is 4.92. The van der Waals surface area contributed by atoms with Gasteiger partial charge in [0, 0.05) is 13.6 Å². The van der Waals surface area contributed by atoms with Crippen LogP contribution in [0.25, 0.3) is 0 Å². The van der Waals surface area contributed by atoms with Crippen LogP contribution in [0.4, 0.5) is 5.82 Å². The highest BCUT2D eigenvalue weighted by Gasteiger charge is 2.26. The Hall–Kier alpha value is -1.85. The number of nitrogens with zero attached hydrogens (tertiary/aromatic N) is 4. The molecule has 18 heavy (non-hydrogen) atoms. The largest absolute Gasteiger partial charge is 0.409 e. The van der Waals surface area contributed by atoms with Gasteiger partial charge in [0.15, 0.2) is 11.7 Å².